The largest absolute Gasteiger partial charge is 0.336 e. The first kappa shape index (κ1) is 19.3. The van der Waals surface area contributed by atoms with Gasteiger partial charge >= 0.3 is 0 Å². The molecule has 1 heterocycles. The molecule has 0 radical (unpaired) electrons. The van der Waals surface area contributed by atoms with Gasteiger partial charge in [0.15, 0.2) is 0 Å². The lowest BCUT2D eigenvalue weighted by atomic mass is 9.96. The molecule has 3 rings (SSSR count). The molecule has 0 bridgehead atoms. The first-order chi connectivity index (χ1) is 12.4. The smallest absolute Gasteiger partial charge is 0.253 e. The molecule has 0 aromatic heterocycles. The molecule has 26 heavy (non-hydrogen) atoms. The van der Waals surface area contributed by atoms with E-state index in [4.69, 9.17) is 0 Å². The van der Waals surface area contributed by atoms with E-state index in [2.05, 4.69) is 5.32 Å². The zero-order valence-corrected chi connectivity index (χ0v) is 16.5. The average molecular weight is 380 g/mol. The maximum Gasteiger partial charge on any atom is 0.253 e. The second kappa shape index (κ2) is 8.06. The first-order valence-electron chi connectivity index (χ1n) is 9.50. The standard InChI is InChI=1S/C19H29N3O3S/c1-15-14-22(12-11-20-15)19(23)16-7-6-10-18(13-16)26(24,25)21(2)17-8-4-3-5-9-17/h6-7,10,13,15,17,20H,3-5,8-9,11-12,14H2,1-2H3. The highest BCUT2D eigenvalue weighted by molar-refractivity contribution is 7.89. The molecule has 1 amide bonds. The summed E-state index contributed by atoms with van der Waals surface area (Å²) in [4.78, 5) is 14.8. The van der Waals surface area contributed by atoms with Crippen molar-refractivity contribution >= 4 is 15.9 Å². The van der Waals surface area contributed by atoms with Crippen LogP contribution in [0, 0.1) is 0 Å². The third-order valence-electron chi connectivity index (χ3n) is 5.50. The molecule has 2 fully saturated rings. The van der Waals surface area contributed by atoms with Gasteiger partial charge in [-0.25, -0.2) is 8.42 Å². The molecular formula is C19H29N3O3S. The predicted octanol–water partition coefficient (Wildman–Crippen LogP) is 2.07. The van der Waals surface area contributed by atoms with Gasteiger partial charge in [-0.3, -0.25) is 4.79 Å². The third kappa shape index (κ3) is 4.10. The molecule has 1 aliphatic heterocycles. The van der Waals surface area contributed by atoms with E-state index in [-0.39, 0.29) is 22.9 Å². The van der Waals surface area contributed by atoms with Crippen molar-refractivity contribution in [1.82, 2.24) is 14.5 Å². The highest BCUT2D eigenvalue weighted by Gasteiger charge is 2.30. The number of sulfonamides is 1. The van der Waals surface area contributed by atoms with E-state index in [1.807, 2.05) is 6.92 Å². The number of nitrogens with zero attached hydrogens (tertiary/aromatic N) is 2. The Labute approximate surface area is 156 Å². The average Bonchev–Trinajstić information content (AvgIpc) is 2.67. The number of carbonyl (C=O) groups is 1. The van der Waals surface area contributed by atoms with Crippen LogP contribution < -0.4 is 5.32 Å². The van der Waals surface area contributed by atoms with Gasteiger partial charge in [0.1, 0.15) is 0 Å². The molecule has 1 aromatic rings. The number of amides is 1. The van der Waals surface area contributed by atoms with Gasteiger partial charge in [-0.1, -0.05) is 25.3 Å². The van der Waals surface area contributed by atoms with Crippen molar-refractivity contribution in [1.29, 1.82) is 0 Å². The fraction of sp³-hybridized carbons (Fsp3) is 0.632. The SMILES string of the molecule is CC1CN(C(=O)c2cccc(S(=O)(=O)N(C)C3CCCCC3)c2)CCN1. The van der Waals surface area contributed by atoms with Gasteiger partial charge in [0.2, 0.25) is 10.0 Å². The number of piperazine rings is 1. The van der Waals surface area contributed by atoms with Crippen LogP contribution in [0.25, 0.3) is 0 Å². The van der Waals surface area contributed by atoms with Crippen LogP contribution in [0.5, 0.6) is 0 Å². The van der Waals surface area contributed by atoms with E-state index in [1.165, 1.54) is 16.8 Å². The van der Waals surface area contributed by atoms with Crippen LogP contribution in [0.4, 0.5) is 0 Å². The molecule has 2 aliphatic rings. The molecular weight excluding hydrogens is 350 g/mol. The zero-order chi connectivity index (χ0) is 18.7. The first-order valence-corrected chi connectivity index (χ1v) is 10.9. The monoisotopic (exact) mass is 379 g/mol. The lowest BCUT2D eigenvalue weighted by molar-refractivity contribution is 0.0709. The van der Waals surface area contributed by atoms with Crippen LogP contribution in [-0.2, 0) is 10.0 Å². The van der Waals surface area contributed by atoms with Crippen LogP contribution in [0.1, 0.15) is 49.4 Å². The van der Waals surface area contributed by atoms with Gasteiger partial charge in [0.25, 0.3) is 5.91 Å². The Hall–Kier alpha value is -1.44. The molecule has 1 saturated carbocycles. The van der Waals surface area contributed by atoms with Crippen molar-refractivity contribution in [3.05, 3.63) is 29.8 Å². The van der Waals surface area contributed by atoms with E-state index in [0.717, 1.165) is 32.2 Å². The van der Waals surface area contributed by atoms with Crippen LogP contribution in [0.15, 0.2) is 29.2 Å². The van der Waals surface area contributed by atoms with E-state index in [1.54, 1.807) is 30.1 Å². The van der Waals surface area contributed by atoms with Gasteiger partial charge in [-0.15, -0.1) is 0 Å². The van der Waals surface area contributed by atoms with Crippen LogP contribution in [0.3, 0.4) is 0 Å². The number of hydrogen-bond acceptors (Lipinski definition) is 4. The molecule has 1 aromatic carbocycles. The van der Waals surface area contributed by atoms with Crippen molar-refractivity contribution < 1.29 is 13.2 Å². The van der Waals surface area contributed by atoms with Gasteiger partial charge in [-0.05, 0) is 38.0 Å². The van der Waals surface area contributed by atoms with Crippen molar-refractivity contribution in [3.63, 3.8) is 0 Å². The number of hydrogen-bond donors (Lipinski definition) is 1. The minimum Gasteiger partial charge on any atom is -0.336 e. The van der Waals surface area contributed by atoms with E-state index in [9.17, 15) is 13.2 Å². The van der Waals surface area contributed by atoms with E-state index >= 15 is 0 Å². The second-order valence-corrected chi connectivity index (χ2v) is 9.44. The summed E-state index contributed by atoms with van der Waals surface area (Å²) in [6.07, 6.45) is 5.14. The number of rotatable bonds is 4. The predicted molar refractivity (Wildman–Crippen MR) is 102 cm³/mol. The molecule has 1 unspecified atom stereocenters. The van der Waals surface area contributed by atoms with Crippen LogP contribution in [0.2, 0.25) is 0 Å². The fourth-order valence-electron chi connectivity index (χ4n) is 3.90. The highest BCUT2D eigenvalue weighted by atomic mass is 32.2. The summed E-state index contributed by atoms with van der Waals surface area (Å²) in [5, 5.41) is 3.31. The molecule has 1 N–H and O–H groups in total. The summed E-state index contributed by atoms with van der Waals surface area (Å²) in [6.45, 7) is 4.08. The Kier molecular flexibility index (Phi) is 5.99. The maximum absolute atomic E-state index is 13.0. The number of nitrogens with one attached hydrogen (secondary N) is 1. The summed E-state index contributed by atoms with van der Waals surface area (Å²) < 4.78 is 27.6. The Bertz CT molecular complexity index is 744. The van der Waals surface area contributed by atoms with Gasteiger partial charge in [0, 0.05) is 44.3 Å². The van der Waals surface area contributed by atoms with Gasteiger partial charge in [0.05, 0.1) is 4.90 Å². The maximum atomic E-state index is 13.0. The Morgan fingerprint density at radius 3 is 2.65 bits per heavy atom. The molecule has 0 spiro atoms. The summed E-state index contributed by atoms with van der Waals surface area (Å²) in [5.41, 5.74) is 0.442. The molecule has 1 aliphatic carbocycles. The van der Waals surface area contributed by atoms with Crippen LogP contribution >= 0.6 is 0 Å². The minimum absolute atomic E-state index is 0.0575. The van der Waals surface area contributed by atoms with Crippen molar-refractivity contribution in [3.8, 4) is 0 Å². The number of carbonyl (C=O) groups excluding carboxylic acids is 1. The molecule has 1 saturated heterocycles. The quantitative estimate of drug-likeness (QED) is 0.870. The summed E-state index contributed by atoms with van der Waals surface area (Å²) >= 11 is 0. The summed E-state index contributed by atoms with van der Waals surface area (Å²) in [7, 11) is -1.92. The second-order valence-electron chi connectivity index (χ2n) is 7.45. The highest BCUT2D eigenvalue weighted by Crippen LogP contribution is 2.27. The summed E-state index contributed by atoms with van der Waals surface area (Å²) in [5.74, 6) is -0.101. The molecule has 144 valence electrons. The molecule has 6 nitrogen and oxygen atoms in total. The van der Waals surface area contributed by atoms with Gasteiger partial charge in [-0.2, -0.15) is 4.31 Å². The molecule has 1 atom stereocenters. The van der Waals surface area contributed by atoms with Crippen molar-refractivity contribution in [2.75, 3.05) is 26.7 Å². The lowest BCUT2D eigenvalue weighted by Crippen LogP contribution is -2.51. The van der Waals surface area contributed by atoms with E-state index < -0.39 is 10.0 Å². The van der Waals surface area contributed by atoms with E-state index in [0.29, 0.717) is 18.7 Å². The summed E-state index contributed by atoms with van der Waals surface area (Å²) in [6, 6.07) is 6.80. The molecule has 7 heteroatoms. The Morgan fingerprint density at radius 1 is 1.23 bits per heavy atom. The van der Waals surface area contributed by atoms with Crippen molar-refractivity contribution in [2.45, 2.75) is 56.0 Å². The zero-order valence-electron chi connectivity index (χ0n) is 15.6. The van der Waals surface area contributed by atoms with Crippen molar-refractivity contribution in [2.24, 2.45) is 0 Å². The van der Waals surface area contributed by atoms with Gasteiger partial charge < -0.3 is 10.2 Å². The minimum atomic E-state index is -3.59. The Morgan fingerprint density at radius 2 is 1.96 bits per heavy atom. The van der Waals surface area contributed by atoms with Crippen LogP contribution in [-0.4, -0.2) is 62.3 Å². The topological polar surface area (TPSA) is 69.7 Å². The lowest BCUT2D eigenvalue weighted by Gasteiger charge is -2.32. The fourth-order valence-corrected chi connectivity index (χ4v) is 5.36. The third-order valence-corrected chi connectivity index (χ3v) is 7.41. The number of benzene rings is 1. The normalized spacial score (nSPS) is 22.6. The Balaban J connectivity index is 1.80.